The summed E-state index contributed by atoms with van der Waals surface area (Å²) in [4.78, 5) is 27.8. The van der Waals surface area contributed by atoms with E-state index in [1.54, 1.807) is 0 Å². The Hall–Kier alpha value is -2.32. The van der Waals surface area contributed by atoms with E-state index in [1.807, 2.05) is 25.1 Å². The van der Waals surface area contributed by atoms with Gasteiger partial charge >= 0.3 is 11.0 Å². The van der Waals surface area contributed by atoms with Crippen LogP contribution in [0.3, 0.4) is 0 Å². The minimum atomic E-state index is -0.216. The summed E-state index contributed by atoms with van der Waals surface area (Å²) in [5.41, 5.74) is 2.60. The number of aromatic nitrogens is 1. The molecule has 0 aliphatic carbocycles. The highest BCUT2D eigenvalue weighted by atomic mass is 32.1. The van der Waals surface area contributed by atoms with E-state index in [4.69, 9.17) is 4.74 Å². The average molecular weight is 333 g/mol. The molecule has 120 valence electrons. The molecule has 0 bridgehead atoms. The molecule has 0 atom stereocenters. The molecule has 1 saturated heterocycles. The fraction of sp³-hybridized carbons (Fsp3) is 0.333. The SMILES string of the molecule is Cc1cc(N2CCOCC2)ccc1C(=O)Nc1[nH+]cc(N=O)s1. The molecule has 1 aliphatic heterocycles. The zero-order valence-electron chi connectivity index (χ0n) is 12.7. The molecule has 2 N–H and O–H groups in total. The van der Waals surface area contributed by atoms with E-state index in [2.05, 4.69) is 20.4 Å². The second-order valence-corrected chi connectivity index (χ2v) is 6.23. The number of nitroso groups, excluding NO2 is 1. The Morgan fingerprint density at radius 1 is 1.39 bits per heavy atom. The van der Waals surface area contributed by atoms with Crippen LogP contribution in [0.5, 0.6) is 0 Å². The van der Waals surface area contributed by atoms with E-state index in [9.17, 15) is 9.70 Å². The predicted octanol–water partition coefficient (Wildman–Crippen LogP) is 2.36. The summed E-state index contributed by atoms with van der Waals surface area (Å²) in [6.07, 6.45) is 1.46. The van der Waals surface area contributed by atoms with Gasteiger partial charge in [-0.1, -0.05) is 0 Å². The zero-order chi connectivity index (χ0) is 16.2. The van der Waals surface area contributed by atoms with Gasteiger partial charge in [-0.15, -0.1) is 4.91 Å². The molecule has 1 aromatic carbocycles. The van der Waals surface area contributed by atoms with Gasteiger partial charge in [0.15, 0.2) is 0 Å². The van der Waals surface area contributed by atoms with Crippen LogP contribution in [-0.4, -0.2) is 32.2 Å². The minimum Gasteiger partial charge on any atom is -0.378 e. The summed E-state index contributed by atoms with van der Waals surface area (Å²) in [7, 11) is 0. The van der Waals surface area contributed by atoms with Crippen molar-refractivity contribution in [2.75, 3.05) is 36.5 Å². The summed E-state index contributed by atoms with van der Waals surface area (Å²) >= 11 is 1.10. The maximum absolute atomic E-state index is 12.4. The lowest BCUT2D eigenvalue weighted by Crippen LogP contribution is -2.36. The molecule has 2 aromatic rings. The number of morpholine rings is 1. The van der Waals surface area contributed by atoms with E-state index in [0.717, 1.165) is 48.9 Å². The maximum Gasteiger partial charge on any atom is 0.341 e. The number of aryl methyl sites for hydroxylation is 1. The van der Waals surface area contributed by atoms with E-state index >= 15 is 0 Å². The molecule has 23 heavy (non-hydrogen) atoms. The average Bonchev–Trinajstić information content (AvgIpc) is 3.03. The second-order valence-electron chi connectivity index (χ2n) is 5.20. The van der Waals surface area contributed by atoms with Gasteiger partial charge in [0.25, 0.3) is 0 Å². The van der Waals surface area contributed by atoms with Crippen molar-refractivity contribution in [1.29, 1.82) is 0 Å². The number of carbonyl (C=O) groups is 1. The Morgan fingerprint density at radius 3 is 2.83 bits per heavy atom. The Morgan fingerprint density at radius 2 is 2.17 bits per heavy atom. The smallest absolute Gasteiger partial charge is 0.341 e. The van der Waals surface area contributed by atoms with Crippen LogP contribution in [0.1, 0.15) is 15.9 Å². The summed E-state index contributed by atoms with van der Waals surface area (Å²) in [5, 5.41) is 6.35. The molecular weight excluding hydrogens is 316 g/mol. The summed E-state index contributed by atoms with van der Waals surface area (Å²) in [6, 6.07) is 5.78. The fourth-order valence-corrected chi connectivity index (χ4v) is 3.11. The lowest BCUT2D eigenvalue weighted by molar-refractivity contribution is -0.353. The van der Waals surface area contributed by atoms with Crippen molar-refractivity contribution in [3.8, 4) is 0 Å². The quantitative estimate of drug-likeness (QED) is 0.870. The summed E-state index contributed by atoms with van der Waals surface area (Å²) in [5.74, 6) is -0.216. The Bertz CT molecular complexity index is 725. The molecule has 1 amide bonds. The number of amides is 1. The third-order valence-corrected chi connectivity index (χ3v) is 4.51. The van der Waals surface area contributed by atoms with Crippen molar-refractivity contribution in [1.82, 2.24) is 0 Å². The number of aromatic amines is 1. The van der Waals surface area contributed by atoms with E-state index < -0.39 is 0 Å². The van der Waals surface area contributed by atoms with Crippen LogP contribution >= 0.6 is 11.3 Å². The zero-order valence-corrected chi connectivity index (χ0v) is 13.5. The van der Waals surface area contributed by atoms with Gasteiger partial charge in [-0.25, -0.2) is 9.78 Å². The first-order chi connectivity index (χ1) is 11.2. The molecule has 1 aromatic heterocycles. The van der Waals surface area contributed by atoms with Crippen LogP contribution in [0.2, 0.25) is 0 Å². The van der Waals surface area contributed by atoms with Gasteiger partial charge in [0.2, 0.25) is 5.00 Å². The van der Waals surface area contributed by atoms with E-state index in [-0.39, 0.29) is 5.91 Å². The standard InChI is InChI=1S/C15H16N4O3S/c1-10-8-11(19-4-6-22-7-5-19)2-3-12(10)14(20)17-15-16-9-13(18-21)23-15/h2-3,8-9H,4-7H2,1H3,(H,16,17,20)/p+1. The Kier molecular flexibility index (Phi) is 4.63. The Balaban J connectivity index is 1.74. The lowest BCUT2D eigenvalue weighted by Gasteiger charge is -2.29. The van der Waals surface area contributed by atoms with Gasteiger partial charge in [0.05, 0.1) is 18.8 Å². The van der Waals surface area contributed by atoms with Crippen LogP contribution in [-0.2, 0) is 4.74 Å². The lowest BCUT2D eigenvalue weighted by atomic mass is 10.1. The third-order valence-electron chi connectivity index (χ3n) is 3.68. The molecule has 1 fully saturated rings. The summed E-state index contributed by atoms with van der Waals surface area (Å²) < 4.78 is 5.35. The minimum absolute atomic E-state index is 0.216. The van der Waals surface area contributed by atoms with E-state index in [1.165, 1.54) is 6.20 Å². The van der Waals surface area contributed by atoms with Gasteiger partial charge in [-0.05, 0) is 47.2 Å². The third kappa shape index (κ3) is 3.54. The van der Waals surface area contributed by atoms with Crippen LogP contribution < -0.4 is 15.2 Å². The molecule has 0 saturated carbocycles. The number of carbonyl (C=O) groups excluding carboxylic acids is 1. The first kappa shape index (κ1) is 15.6. The van der Waals surface area contributed by atoms with Crippen LogP contribution in [0.15, 0.2) is 29.6 Å². The molecule has 1 aliphatic rings. The molecule has 3 rings (SSSR count). The topological polar surface area (TPSA) is 85.1 Å². The second kappa shape index (κ2) is 6.84. The fourth-order valence-electron chi connectivity index (χ4n) is 2.49. The largest absolute Gasteiger partial charge is 0.378 e. The van der Waals surface area contributed by atoms with Gasteiger partial charge < -0.3 is 9.64 Å². The normalized spacial score (nSPS) is 14.6. The van der Waals surface area contributed by atoms with Crippen molar-refractivity contribution in [2.24, 2.45) is 5.18 Å². The van der Waals surface area contributed by atoms with Gasteiger partial charge in [0.1, 0.15) is 6.20 Å². The van der Waals surface area contributed by atoms with Crippen molar-refractivity contribution < 1.29 is 14.5 Å². The number of nitrogens with zero attached hydrogens (tertiary/aromatic N) is 2. The van der Waals surface area contributed by atoms with Crippen molar-refractivity contribution >= 4 is 33.1 Å². The van der Waals surface area contributed by atoms with Gasteiger partial charge in [-0.3, -0.25) is 0 Å². The molecule has 0 radical (unpaired) electrons. The number of nitrogens with one attached hydrogen (secondary N) is 2. The predicted molar refractivity (Wildman–Crippen MR) is 88.5 cm³/mol. The molecule has 8 heteroatoms. The van der Waals surface area contributed by atoms with Crippen LogP contribution in [0, 0.1) is 11.8 Å². The number of anilines is 2. The monoisotopic (exact) mass is 333 g/mol. The molecular formula is C15H17N4O3S+. The first-order valence-electron chi connectivity index (χ1n) is 7.27. The highest BCUT2D eigenvalue weighted by molar-refractivity contribution is 7.18. The van der Waals surface area contributed by atoms with Gasteiger partial charge in [0, 0.05) is 18.8 Å². The number of hydrogen-bond acceptors (Lipinski definition) is 6. The van der Waals surface area contributed by atoms with Crippen molar-refractivity contribution in [2.45, 2.75) is 6.92 Å². The highest BCUT2D eigenvalue weighted by Crippen LogP contribution is 2.24. The van der Waals surface area contributed by atoms with E-state index in [0.29, 0.717) is 15.7 Å². The Labute approximate surface area is 137 Å². The number of benzene rings is 1. The van der Waals surface area contributed by atoms with Crippen molar-refractivity contribution in [3.63, 3.8) is 0 Å². The molecule has 2 heterocycles. The molecule has 7 nitrogen and oxygen atoms in total. The number of hydrogen-bond donors (Lipinski definition) is 1. The maximum atomic E-state index is 12.4. The molecule has 0 spiro atoms. The number of rotatable bonds is 4. The van der Waals surface area contributed by atoms with Crippen LogP contribution in [0.4, 0.5) is 15.8 Å². The number of thiazole rings is 1. The van der Waals surface area contributed by atoms with Gasteiger partial charge in [-0.2, -0.15) is 5.32 Å². The first-order valence-corrected chi connectivity index (χ1v) is 8.08. The number of ether oxygens (including phenoxy) is 1. The van der Waals surface area contributed by atoms with Crippen LogP contribution in [0.25, 0.3) is 0 Å². The summed E-state index contributed by atoms with van der Waals surface area (Å²) in [6.45, 7) is 5.08. The number of H-pyrrole nitrogens is 1. The highest BCUT2D eigenvalue weighted by Gasteiger charge is 2.19. The molecule has 0 unspecified atom stereocenters. The van der Waals surface area contributed by atoms with Crippen molar-refractivity contribution in [3.05, 3.63) is 40.4 Å².